The smallest absolute Gasteiger partial charge is 0.0605 e. The summed E-state index contributed by atoms with van der Waals surface area (Å²) in [6.45, 7) is 7.59. The Labute approximate surface area is 98.5 Å². The van der Waals surface area contributed by atoms with E-state index in [-0.39, 0.29) is 0 Å². The third-order valence-electron chi connectivity index (χ3n) is 3.26. The van der Waals surface area contributed by atoms with Crippen LogP contribution in [0.15, 0.2) is 12.3 Å². The number of hydrogen-bond donors (Lipinski definition) is 1. The second-order valence-electron chi connectivity index (χ2n) is 4.98. The molecule has 1 aliphatic rings. The largest absolute Gasteiger partial charge is 0.308 e. The second-order valence-corrected chi connectivity index (χ2v) is 4.98. The van der Waals surface area contributed by atoms with Gasteiger partial charge in [0.15, 0.2) is 0 Å². The quantitative estimate of drug-likeness (QED) is 0.821. The number of aromatic nitrogens is 1. The zero-order chi connectivity index (χ0) is 11.5. The summed E-state index contributed by atoms with van der Waals surface area (Å²) in [5.74, 6) is 0.820. The van der Waals surface area contributed by atoms with Crippen molar-refractivity contribution < 1.29 is 0 Å². The summed E-state index contributed by atoms with van der Waals surface area (Å²) in [5, 5.41) is 3.65. The molecular formula is C14H22N2. The lowest BCUT2D eigenvalue weighted by atomic mass is 10.0. The van der Waals surface area contributed by atoms with Gasteiger partial charge >= 0.3 is 0 Å². The fourth-order valence-electron chi connectivity index (χ4n) is 2.27. The highest BCUT2D eigenvalue weighted by Crippen LogP contribution is 2.41. The number of nitrogens with zero attached hydrogens (tertiary/aromatic N) is 1. The summed E-state index contributed by atoms with van der Waals surface area (Å²) >= 11 is 0. The molecule has 0 amide bonds. The first kappa shape index (κ1) is 11.6. The number of pyridine rings is 1. The van der Waals surface area contributed by atoms with E-state index >= 15 is 0 Å². The van der Waals surface area contributed by atoms with Crippen LogP contribution in [-0.4, -0.2) is 11.5 Å². The van der Waals surface area contributed by atoms with Crippen LogP contribution in [0.25, 0.3) is 0 Å². The molecule has 1 aromatic heterocycles. The molecule has 0 saturated heterocycles. The van der Waals surface area contributed by atoms with E-state index in [1.54, 1.807) is 0 Å². The second kappa shape index (κ2) is 4.96. The molecule has 1 aromatic rings. The highest BCUT2D eigenvalue weighted by molar-refractivity contribution is 5.26. The standard InChI is InChI=1S/C14H22N2/c1-4-7-15-14(12-5-6-12)13-11(3)8-10(2)9-16-13/h8-9,12,14-15H,4-7H2,1-3H3. The van der Waals surface area contributed by atoms with Crippen molar-refractivity contribution in [1.29, 1.82) is 0 Å². The normalized spacial score (nSPS) is 17.4. The van der Waals surface area contributed by atoms with Crippen LogP contribution < -0.4 is 5.32 Å². The van der Waals surface area contributed by atoms with Gasteiger partial charge in [-0.1, -0.05) is 13.0 Å². The van der Waals surface area contributed by atoms with E-state index in [9.17, 15) is 0 Å². The average Bonchev–Trinajstić information content (AvgIpc) is 3.05. The van der Waals surface area contributed by atoms with Gasteiger partial charge in [-0.2, -0.15) is 0 Å². The van der Waals surface area contributed by atoms with Crippen molar-refractivity contribution in [2.75, 3.05) is 6.54 Å². The van der Waals surface area contributed by atoms with Gasteiger partial charge in [-0.25, -0.2) is 0 Å². The van der Waals surface area contributed by atoms with E-state index in [0.717, 1.165) is 12.5 Å². The highest BCUT2D eigenvalue weighted by atomic mass is 15.0. The van der Waals surface area contributed by atoms with Gasteiger partial charge in [0.1, 0.15) is 0 Å². The van der Waals surface area contributed by atoms with E-state index < -0.39 is 0 Å². The van der Waals surface area contributed by atoms with Gasteiger partial charge in [-0.15, -0.1) is 0 Å². The van der Waals surface area contributed by atoms with Gasteiger partial charge in [0, 0.05) is 6.20 Å². The van der Waals surface area contributed by atoms with E-state index in [4.69, 9.17) is 0 Å². The van der Waals surface area contributed by atoms with Crippen LogP contribution in [0, 0.1) is 19.8 Å². The molecule has 2 nitrogen and oxygen atoms in total. The molecule has 0 aromatic carbocycles. The number of hydrogen-bond acceptors (Lipinski definition) is 2. The summed E-state index contributed by atoms with van der Waals surface area (Å²) in [6.07, 6.45) is 5.90. The number of rotatable bonds is 5. The minimum absolute atomic E-state index is 0.487. The molecule has 2 rings (SSSR count). The van der Waals surface area contributed by atoms with E-state index in [0.29, 0.717) is 6.04 Å². The minimum Gasteiger partial charge on any atom is -0.308 e. The van der Waals surface area contributed by atoms with Crippen molar-refractivity contribution in [3.8, 4) is 0 Å². The lowest BCUT2D eigenvalue weighted by molar-refractivity contribution is 0.468. The summed E-state index contributed by atoms with van der Waals surface area (Å²) in [7, 11) is 0. The van der Waals surface area contributed by atoms with Gasteiger partial charge < -0.3 is 5.32 Å². The minimum atomic E-state index is 0.487. The maximum atomic E-state index is 4.63. The van der Waals surface area contributed by atoms with Crippen molar-refractivity contribution in [3.63, 3.8) is 0 Å². The molecule has 1 saturated carbocycles. The zero-order valence-corrected chi connectivity index (χ0v) is 10.6. The monoisotopic (exact) mass is 218 g/mol. The van der Waals surface area contributed by atoms with Crippen molar-refractivity contribution in [3.05, 3.63) is 29.1 Å². The zero-order valence-electron chi connectivity index (χ0n) is 10.6. The van der Waals surface area contributed by atoms with Crippen LogP contribution in [0.3, 0.4) is 0 Å². The predicted molar refractivity (Wildman–Crippen MR) is 67.5 cm³/mol. The molecular weight excluding hydrogens is 196 g/mol. The predicted octanol–water partition coefficient (Wildman–Crippen LogP) is 3.15. The SMILES string of the molecule is CCCNC(c1ncc(C)cc1C)C1CC1. The molecule has 1 heterocycles. The molecule has 0 aliphatic heterocycles. The van der Waals surface area contributed by atoms with E-state index in [2.05, 4.69) is 37.1 Å². The van der Waals surface area contributed by atoms with Crippen molar-refractivity contribution in [2.24, 2.45) is 5.92 Å². The molecule has 1 fully saturated rings. The molecule has 0 bridgehead atoms. The van der Waals surface area contributed by atoms with Gasteiger partial charge in [-0.05, 0) is 56.7 Å². The lowest BCUT2D eigenvalue weighted by Crippen LogP contribution is -2.25. The van der Waals surface area contributed by atoms with Crippen LogP contribution in [-0.2, 0) is 0 Å². The molecule has 16 heavy (non-hydrogen) atoms. The Bertz CT molecular complexity index is 356. The molecule has 1 N–H and O–H groups in total. The van der Waals surface area contributed by atoms with Crippen molar-refractivity contribution in [2.45, 2.75) is 46.1 Å². The van der Waals surface area contributed by atoms with Gasteiger partial charge in [-0.3, -0.25) is 4.98 Å². The molecule has 0 radical (unpaired) electrons. The maximum absolute atomic E-state index is 4.63. The molecule has 88 valence electrons. The summed E-state index contributed by atoms with van der Waals surface area (Å²) < 4.78 is 0. The van der Waals surface area contributed by atoms with E-state index in [1.165, 1.54) is 36.1 Å². The molecule has 0 spiro atoms. The Morgan fingerprint density at radius 1 is 1.44 bits per heavy atom. The molecule has 1 aliphatic carbocycles. The van der Waals surface area contributed by atoms with Crippen molar-refractivity contribution >= 4 is 0 Å². The van der Waals surface area contributed by atoms with Crippen LogP contribution in [0.2, 0.25) is 0 Å². The first-order valence-corrected chi connectivity index (χ1v) is 6.39. The Balaban J connectivity index is 2.17. The summed E-state index contributed by atoms with van der Waals surface area (Å²) in [4.78, 5) is 4.63. The van der Waals surface area contributed by atoms with Crippen molar-refractivity contribution in [1.82, 2.24) is 10.3 Å². The average molecular weight is 218 g/mol. The van der Waals surface area contributed by atoms with Gasteiger partial charge in [0.05, 0.1) is 11.7 Å². The third-order valence-corrected chi connectivity index (χ3v) is 3.26. The Kier molecular flexibility index (Phi) is 3.59. The van der Waals surface area contributed by atoms with Gasteiger partial charge in [0.25, 0.3) is 0 Å². The van der Waals surface area contributed by atoms with Crippen LogP contribution >= 0.6 is 0 Å². The van der Waals surface area contributed by atoms with Crippen LogP contribution in [0.1, 0.15) is 49.0 Å². The lowest BCUT2D eigenvalue weighted by Gasteiger charge is -2.19. The first-order valence-electron chi connectivity index (χ1n) is 6.39. The Morgan fingerprint density at radius 3 is 2.75 bits per heavy atom. The Morgan fingerprint density at radius 2 is 2.19 bits per heavy atom. The van der Waals surface area contributed by atoms with Gasteiger partial charge in [0.2, 0.25) is 0 Å². The maximum Gasteiger partial charge on any atom is 0.0605 e. The topological polar surface area (TPSA) is 24.9 Å². The van der Waals surface area contributed by atoms with Crippen LogP contribution in [0.4, 0.5) is 0 Å². The fourth-order valence-corrected chi connectivity index (χ4v) is 2.27. The first-order chi connectivity index (χ1) is 7.72. The van der Waals surface area contributed by atoms with Crippen LogP contribution in [0.5, 0.6) is 0 Å². The highest BCUT2D eigenvalue weighted by Gasteiger charge is 2.33. The Hall–Kier alpha value is -0.890. The fraction of sp³-hybridized carbons (Fsp3) is 0.643. The molecule has 1 atom stereocenters. The summed E-state index contributed by atoms with van der Waals surface area (Å²) in [6, 6.07) is 2.73. The summed E-state index contributed by atoms with van der Waals surface area (Å²) in [5.41, 5.74) is 3.85. The molecule has 1 unspecified atom stereocenters. The third kappa shape index (κ3) is 2.62. The number of nitrogens with one attached hydrogen (secondary N) is 1. The number of aryl methyl sites for hydroxylation is 2. The molecule has 2 heteroatoms. The van der Waals surface area contributed by atoms with E-state index in [1.807, 2.05) is 6.20 Å².